The molecule has 3 heterocycles. The molecule has 0 atom stereocenters. The maximum absolute atomic E-state index is 5.79. The molecule has 9 heteroatoms. The van der Waals surface area contributed by atoms with Gasteiger partial charge in [0, 0.05) is 0 Å². The quantitative estimate of drug-likeness (QED) is 0.509. The number of H-pyrrole nitrogens is 2. The number of aromatic nitrogens is 6. The lowest BCUT2D eigenvalue weighted by Crippen LogP contribution is -2.02. The number of nitrogens with one attached hydrogen (secondary N) is 3. The molecule has 0 bridgehead atoms. The zero-order valence-electron chi connectivity index (χ0n) is 9.01. The van der Waals surface area contributed by atoms with Gasteiger partial charge in [-0.1, -0.05) is 12.2 Å². The molecule has 3 aromatic heterocycles. The molecule has 0 aromatic carbocycles. The minimum atomic E-state index is 0.359. The second-order valence-electron chi connectivity index (χ2n) is 3.44. The summed E-state index contributed by atoms with van der Waals surface area (Å²) in [6.07, 6.45) is 4.39. The van der Waals surface area contributed by atoms with E-state index in [0.29, 0.717) is 33.1 Å². The Kier molecular flexibility index (Phi) is 2.38. The Morgan fingerprint density at radius 1 is 1.11 bits per heavy atom. The predicted molar refractivity (Wildman–Crippen MR) is 68.8 cm³/mol. The predicted octanol–water partition coefficient (Wildman–Crippen LogP) is 1.13. The molecule has 0 spiro atoms. The number of nitrogens with two attached hydrogens (primary N) is 1. The van der Waals surface area contributed by atoms with Crippen molar-refractivity contribution in [1.82, 2.24) is 29.9 Å². The zero-order valence-corrected chi connectivity index (χ0v) is 9.82. The Bertz CT molecular complexity index is 760. The van der Waals surface area contributed by atoms with Crippen LogP contribution in [0.4, 0.5) is 17.3 Å². The van der Waals surface area contributed by atoms with Crippen molar-refractivity contribution in [3.8, 4) is 0 Å². The average molecular weight is 260 g/mol. The van der Waals surface area contributed by atoms with Gasteiger partial charge < -0.3 is 21.0 Å². The van der Waals surface area contributed by atoms with Gasteiger partial charge in [0.1, 0.15) is 23.3 Å². The van der Waals surface area contributed by atoms with Crippen LogP contribution in [0.15, 0.2) is 19.0 Å². The van der Waals surface area contributed by atoms with E-state index in [-0.39, 0.29) is 0 Å². The van der Waals surface area contributed by atoms with Gasteiger partial charge in [0.25, 0.3) is 0 Å². The summed E-state index contributed by atoms with van der Waals surface area (Å²) < 4.78 is 0.359. The first-order chi connectivity index (χ1) is 8.75. The van der Waals surface area contributed by atoms with Crippen molar-refractivity contribution in [2.75, 3.05) is 11.1 Å². The van der Waals surface area contributed by atoms with Crippen LogP contribution in [0.1, 0.15) is 0 Å². The highest BCUT2D eigenvalue weighted by atomic mass is 32.1. The molecule has 5 N–H and O–H groups in total. The van der Waals surface area contributed by atoms with E-state index in [4.69, 9.17) is 18.0 Å². The third kappa shape index (κ3) is 1.66. The van der Waals surface area contributed by atoms with E-state index in [0.717, 1.165) is 0 Å². The van der Waals surface area contributed by atoms with Crippen molar-refractivity contribution in [2.24, 2.45) is 0 Å². The highest BCUT2D eigenvalue weighted by Crippen LogP contribution is 2.23. The van der Waals surface area contributed by atoms with E-state index in [9.17, 15) is 0 Å². The van der Waals surface area contributed by atoms with Crippen LogP contribution >= 0.6 is 12.2 Å². The summed E-state index contributed by atoms with van der Waals surface area (Å²) in [5.74, 6) is 0.929. The lowest BCUT2D eigenvalue weighted by molar-refractivity contribution is 1.15. The summed E-state index contributed by atoms with van der Waals surface area (Å²) in [7, 11) is 0. The number of hydrogen-bond acceptors (Lipinski definition) is 7. The lowest BCUT2D eigenvalue weighted by Gasteiger charge is -2.07. The van der Waals surface area contributed by atoms with E-state index >= 15 is 0 Å². The lowest BCUT2D eigenvalue weighted by atomic mass is 10.4. The Hall–Kier alpha value is -2.55. The van der Waals surface area contributed by atoms with Crippen molar-refractivity contribution < 1.29 is 0 Å². The molecule has 18 heavy (non-hydrogen) atoms. The van der Waals surface area contributed by atoms with Gasteiger partial charge in [0.05, 0.1) is 12.7 Å². The maximum atomic E-state index is 5.79. The van der Waals surface area contributed by atoms with Gasteiger partial charge in [-0.15, -0.1) is 0 Å². The highest BCUT2D eigenvalue weighted by molar-refractivity contribution is 7.71. The molecule has 0 unspecified atom stereocenters. The average Bonchev–Trinajstić information content (AvgIpc) is 2.83. The molecule has 0 saturated heterocycles. The van der Waals surface area contributed by atoms with Gasteiger partial charge in [-0.05, 0) is 0 Å². The molecular formula is C9H8N8S. The van der Waals surface area contributed by atoms with Crippen LogP contribution in [0.3, 0.4) is 0 Å². The minimum Gasteiger partial charge on any atom is -0.383 e. The van der Waals surface area contributed by atoms with Crippen molar-refractivity contribution in [1.29, 1.82) is 0 Å². The van der Waals surface area contributed by atoms with Crippen molar-refractivity contribution >= 4 is 40.7 Å². The van der Waals surface area contributed by atoms with E-state index in [1.54, 1.807) is 0 Å². The molecule has 0 aliphatic heterocycles. The van der Waals surface area contributed by atoms with Crippen LogP contribution < -0.4 is 11.1 Å². The van der Waals surface area contributed by atoms with Crippen LogP contribution in [0.2, 0.25) is 0 Å². The Labute approximate surface area is 106 Å². The smallest absolute Gasteiger partial charge is 0.182 e. The summed E-state index contributed by atoms with van der Waals surface area (Å²) in [6, 6.07) is 0. The molecule has 90 valence electrons. The Morgan fingerprint density at radius 3 is 2.78 bits per heavy atom. The molecule has 3 rings (SSSR count). The topological polar surface area (TPSA) is 121 Å². The number of nitrogens with zero attached hydrogens (tertiary/aromatic N) is 4. The van der Waals surface area contributed by atoms with E-state index in [1.165, 1.54) is 19.0 Å². The summed E-state index contributed by atoms with van der Waals surface area (Å²) >= 11 is 5.10. The first-order valence-corrected chi connectivity index (χ1v) is 5.41. The standard InChI is InChI=1S/C9H8N8S/c10-6-4(9(18)16-2-12-6)17-8-5-7(13-1-11-5)14-3-15-8/h1-3H,(H3,10,12,16,18)(H2,11,13,14,15,17). The van der Waals surface area contributed by atoms with Gasteiger partial charge in [-0.25, -0.2) is 19.9 Å². The number of fused-ring (bicyclic) bond motifs is 1. The summed E-state index contributed by atoms with van der Waals surface area (Å²) in [5.41, 5.74) is 7.53. The van der Waals surface area contributed by atoms with E-state index in [2.05, 4.69) is 35.2 Å². The highest BCUT2D eigenvalue weighted by Gasteiger charge is 2.09. The van der Waals surface area contributed by atoms with E-state index in [1.807, 2.05) is 0 Å². The SMILES string of the molecule is Nc1[nH]cnc(=S)c1Nc1ncnc2nc[nH]c12. The second kappa shape index (κ2) is 4.04. The molecule has 3 aromatic rings. The molecular weight excluding hydrogens is 252 g/mol. The number of anilines is 3. The number of hydrogen-bond donors (Lipinski definition) is 4. The van der Waals surface area contributed by atoms with Gasteiger partial charge in [-0.2, -0.15) is 0 Å². The van der Waals surface area contributed by atoms with Crippen LogP contribution in [-0.2, 0) is 0 Å². The van der Waals surface area contributed by atoms with Crippen LogP contribution in [0.5, 0.6) is 0 Å². The number of aromatic amines is 2. The molecule has 0 fully saturated rings. The van der Waals surface area contributed by atoms with Crippen LogP contribution in [0, 0.1) is 4.64 Å². The fourth-order valence-corrected chi connectivity index (χ4v) is 1.73. The molecule has 8 nitrogen and oxygen atoms in total. The van der Waals surface area contributed by atoms with Crippen LogP contribution in [0.25, 0.3) is 11.2 Å². The maximum Gasteiger partial charge on any atom is 0.182 e. The number of imidazole rings is 1. The van der Waals surface area contributed by atoms with Crippen molar-refractivity contribution in [3.05, 3.63) is 23.6 Å². The fourth-order valence-electron chi connectivity index (χ4n) is 1.51. The Morgan fingerprint density at radius 2 is 1.94 bits per heavy atom. The first kappa shape index (κ1) is 10.6. The second-order valence-corrected chi connectivity index (χ2v) is 3.83. The third-order valence-electron chi connectivity index (χ3n) is 2.35. The fraction of sp³-hybridized carbons (Fsp3) is 0. The van der Waals surface area contributed by atoms with Gasteiger partial charge in [-0.3, -0.25) is 0 Å². The van der Waals surface area contributed by atoms with E-state index < -0.39 is 0 Å². The van der Waals surface area contributed by atoms with Crippen molar-refractivity contribution in [3.63, 3.8) is 0 Å². The minimum absolute atomic E-state index is 0.359. The number of nitrogen functional groups attached to an aromatic ring is 1. The van der Waals surface area contributed by atoms with Crippen molar-refractivity contribution in [2.45, 2.75) is 0 Å². The Balaban J connectivity index is 2.12. The number of rotatable bonds is 2. The molecule has 0 aliphatic carbocycles. The summed E-state index contributed by atoms with van der Waals surface area (Å²) in [6.45, 7) is 0. The molecule has 0 amide bonds. The normalized spacial score (nSPS) is 10.7. The monoisotopic (exact) mass is 260 g/mol. The zero-order chi connectivity index (χ0) is 12.5. The molecule has 0 radical (unpaired) electrons. The molecule has 0 saturated carbocycles. The first-order valence-electron chi connectivity index (χ1n) is 5.00. The van der Waals surface area contributed by atoms with Gasteiger partial charge in [0.2, 0.25) is 0 Å². The third-order valence-corrected chi connectivity index (χ3v) is 2.66. The summed E-state index contributed by atoms with van der Waals surface area (Å²) in [5, 5.41) is 3.02. The van der Waals surface area contributed by atoms with Gasteiger partial charge in [0.15, 0.2) is 16.1 Å². The van der Waals surface area contributed by atoms with Gasteiger partial charge >= 0.3 is 0 Å². The summed E-state index contributed by atoms with van der Waals surface area (Å²) in [4.78, 5) is 21.8. The largest absolute Gasteiger partial charge is 0.383 e. The molecule has 0 aliphatic rings. The van der Waals surface area contributed by atoms with Crippen LogP contribution in [-0.4, -0.2) is 29.9 Å².